The van der Waals surface area contributed by atoms with Gasteiger partial charge in [-0.25, -0.2) is 0 Å². The van der Waals surface area contributed by atoms with Crippen LogP contribution in [0.5, 0.6) is 0 Å². The Morgan fingerprint density at radius 3 is 2.67 bits per heavy atom. The van der Waals surface area contributed by atoms with Gasteiger partial charge in [0.05, 0.1) is 12.7 Å². The van der Waals surface area contributed by atoms with Gasteiger partial charge in [0.15, 0.2) is 0 Å². The summed E-state index contributed by atoms with van der Waals surface area (Å²) in [6.45, 7) is 13.2. The predicted octanol–water partition coefficient (Wildman–Crippen LogP) is 1.24. The summed E-state index contributed by atoms with van der Waals surface area (Å²) in [4.78, 5) is 14.1. The standard InChI is InChI=1S/C16H33N3O2/c1-14(2)13-15(3)21-12-5-16(20)18-6-4-9-19-10-7-17-8-11-19/h14-15,17H,4-13H2,1-3H3,(H,18,20). The maximum absolute atomic E-state index is 11.7. The quantitative estimate of drug-likeness (QED) is 0.596. The number of carbonyl (C=O) groups is 1. The molecule has 0 bridgehead atoms. The maximum atomic E-state index is 11.7. The second-order valence-electron chi connectivity index (χ2n) is 6.36. The van der Waals surface area contributed by atoms with Crippen molar-refractivity contribution in [2.45, 2.75) is 46.1 Å². The molecule has 0 aromatic carbocycles. The first-order valence-electron chi connectivity index (χ1n) is 8.39. The van der Waals surface area contributed by atoms with E-state index >= 15 is 0 Å². The minimum atomic E-state index is 0.104. The molecule has 0 saturated carbocycles. The van der Waals surface area contributed by atoms with Crippen molar-refractivity contribution in [2.75, 3.05) is 45.9 Å². The van der Waals surface area contributed by atoms with Crippen LogP contribution in [0, 0.1) is 5.92 Å². The van der Waals surface area contributed by atoms with E-state index < -0.39 is 0 Å². The second-order valence-corrected chi connectivity index (χ2v) is 6.36. The molecular formula is C16H33N3O2. The molecule has 1 heterocycles. The van der Waals surface area contributed by atoms with Gasteiger partial charge in [-0.15, -0.1) is 0 Å². The van der Waals surface area contributed by atoms with E-state index in [4.69, 9.17) is 4.74 Å². The summed E-state index contributed by atoms with van der Waals surface area (Å²) in [5.74, 6) is 0.742. The molecule has 1 unspecified atom stereocenters. The minimum absolute atomic E-state index is 0.104. The minimum Gasteiger partial charge on any atom is -0.378 e. The van der Waals surface area contributed by atoms with Crippen molar-refractivity contribution in [3.63, 3.8) is 0 Å². The molecule has 1 rings (SSSR count). The van der Waals surface area contributed by atoms with Gasteiger partial charge in [-0.1, -0.05) is 13.8 Å². The van der Waals surface area contributed by atoms with Gasteiger partial charge >= 0.3 is 0 Å². The van der Waals surface area contributed by atoms with Crippen LogP contribution in [0.15, 0.2) is 0 Å². The summed E-state index contributed by atoms with van der Waals surface area (Å²) in [5.41, 5.74) is 0. The molecule has 0 spiro atoms. The summed E-state index contributed by atoms with van der Waals surface area (Å²) in [7, 11) is 0. The van der Waals surface area contributed by atoms with E-state index in [-0.39, 0.29) is 12.0 Å². The Morgan fingerprint density at radius 2 is 2.00 bits per heavy atom. The van der Waals surface area contributed by atoms with Crippen LogP contribution in [-0.2, 0) is 9.53 Å². The van der Waals surface area contributed by atoms with Crippen LogP contribution in [0.2, 0.25) is 0 Å². The third-order valence-electron chi connectivity index (χ3n) is 3.72. The van der Waals surface area contributed by atoms with E-state index in [1.54, 1.807) is 0 Å². The topological polar surface area (TPSA) is 53.6 Å². The number of nitrogens with one attached hydrogen (secondary N) is 2. The molecule has 1 aliphatic rings. The number of amides is 1. The first-order chi connectivity index (χ1) is 10.1. The molecule has 2 N–H and O–H groups in total. The van der Waals surface area contributed by atoms with Crippen LogP contribution in [-0.4, -0.2) is 62.8 Å². The molecular weight excluding hydrogens is 266 g/mol. The maximum Gasteiger partial charge on any atom is 0.222 e. The van der Waals surface area contributed by atoms with Crippen molar-refractivity contribution >= 4 is 5.91 Å². The van der Waals surface area contributed by atoms with Crippen LogP contribution in [0.1, 0.15) is 40.0 Å². The average molecular weight is 299 g/mol. The molecule has 1 amide bonds. The normalized spacial score (nSPS) is 17.9. The molecule has 1 atom stereocenters. The zero-order valence-electron chi connectivity index (χ0n) is 14.0. The Labute approximate surface area is 129 Å². The molecule has 5 heteroatoms. The monoisotopic (exact) mass is 299 g/mol. The highest BCUT2D eigenvalue weighted by atomic mass is 16.5. The van der Waals surface area contributed by atoms with Crippen LogP contribution in [0.3, 0.4) is 0 Å². The van der Waals surface area contributed by atoms with E-state index in [1.165, 1.54) is 0 Å². The van der Waals surface area contributed by atoms with E-state index in [9.17, 15) is 4.79 Å². The highest BCUT2D eigenvalue weighted by Gasteiger charge is 2.09. The lowest BCUT2D eigenvalue weighted by Crippen LogP contribution is -2.44. The number of carbonyl (C=O) groups excluding carboxylic acids is 1. The van der Waals surface area contributed by atoms with Gasteiger partial charge in [0.1, 0.15) is 0 Å². The third kappa shape index (κ3) is 9.82. The highest BCUT2D eigenvalue weighted by Crippen LogP contribution is 2.07. The number of rotatable bonds is 10. The van der Waals surface area contributed by atoms with Gasteiger partial charge < -0.3 is 20.3 Å². The van der Waals surface area contributed by atoms with Crippen molar-refractivity contribution in [3.8, 4) is 0 Å². The fourth-order valence-corrected chi connectivity index (χ4v) is 2.64. The molecule has 0 radical (unpaired) electrons. The van der Waals surface area contributed by atoms with Gasteiger partial charge in [0, 0.05) is 39.1 Å². The Bertz CT molecular complexity index is 279. The highest BCUT2D eigenvalue weighted by molar-refractivity contribution is 5.75. The number of hydrogen-bond acceptors (Lipinski definition) is 4. The molecule has 1 aliphatic heterocycles. The number of piperazine rings is 1. The Morgan fingerprint density at radius 1 is 1.29 bits per heavy atom. The molecule has 0 aliphatic carbocycles. The molecule has 0 aromatic rings. The summed E-state index contributed by atoms with van der Waals surface area (Å²) < 4.78 is 5.65. The van der Waals surface area contributed by atoms with Gasteiger partial charge in [0.2, 0.25) is 5.91 Å². The van der Waals surface area contributed by atoms with Crippen molar-refractivity contribution in [1.82, 2.24) is 15.5 Å². The summed E-state index contributed by atoms with van der Waals surface area (Å²) >= 11 is 0. The van der Waals surface area contributed by atoms with Gasteiger partial charge in [-0.2, -0.15) is 0 Å². The van der Waals surface area contributed by atoms with Crippen molar-refractivity contribution < 1.29 is 9.53 Å². The Hall–Kier alpha value is -0.650. The SMILES string of the molecule is CC(C)CC(C)OCCC(=O)NCCCN1CCNCC1. The lowest BCUT2D eigenvalue weighted by Gasteiger charge is -2.27. The number of nitrogens with zero attached hydrogens (tertiary/aromatic N) is 1. The summed E-state index contributed by atoms with van der Waals surface area (Å²) in [6.07, 6.45) is 2.78. The van der Waals surface area contributed by atoms with E-state index in [0.29, 0.717) is 18.9 Å². The van der Waals surface area contributed by atoms with Crippen LogP contribution in [0.4, 0.5) is 0 Å². The fraction of sp³-hybridized carbons (Fsp3) is 0.938. The van der Waals surface area contributed by atoms with E-state index in [0.717, 1.165) is 52.1 Å². The lowest BCUT2D eigenvalue weighted by atomic mass is 10.1. The predicted molar refractivity (Wildman–Crippen MR) is 86.4 cm³/mol. The van der Waals surface area contributed by atoms with Crippen LogP contribution < -0.4 is 10.6 Å². The number of hydrogen-bond donors (Lipinski definition) is 2. The molecule has 124 valence electrons. The largest absolute Gasteiger partial charge is 0.378 e. The third-order valence-corrected chi connectivity index (χ3v) is 3.72. The van der Waals surface area contributed by atoms with Gasteiger partial charge in [-0.05, 0) is 32.2 Å². The fourth-order valence-electron chi connectivity index (χ4n) is 2.64. The second kappa shape index (κ2) is 11.0. The van der Waals surface area contributed by atoms with E-state index in [1.807, 2.05) is 0 Å². The first-order valence-corrected chi connectivity index (χ1v) is 8.39. The number of ether oxygens (including phenoxy) is 1. The molecule has 5 nitrogen and oxygen atoms in total. The van der Waals surface area contributed by atoms with Gasteiger partial charge in [0.25, 0.3) is 0 Å². The Kier molecular flexibility index (Phi) is 9.63. The molecule has 0 aromatic heterocycles. The van der Waals surface area contributed by atoms with Crippen molar-refractivity contribution in [1.29, 1.82) is 0 Å². The molecule has 1 fully saturated rings. The van der Waals surface area contributed by atoms with Crippen molar-refractivity contribution in [3.05, 3.63) is 0 Å². The van der Waals surface area contributed by atoms with Crippen LogP contribution in [0.25, 0.3) is 0 Å². The first kappa shape index (κ1) is 18.4. The summed E-state index contributed by atoms with van der Waals surface area (Å²) in [6, 6.07) is 0. The van der Waals surface area contributed by atoms with Gasteiger partial charge in [-0.3, -0.25) is 4.79 Å². The van der Waals surface area contributed by atoms with E-state index in [2.05, 4.69) is 36.3 Å². The summed E-state index contributed by atoms with van der Waals surface area (Å²) in [5, 5.41) is 6.32. The molecule has 1 saturated heterocycles. The van der Waals surface area contributed by atoms with Crippen molar-refractivity contribution in [2.24, 2.45) is 5.92 Å². The average Bonchev–Trinajstić information content (AvgIpc) is 2.44. The lowest BCUT2D eigenvalue weighted by molar-refractivity contribution is -0.122. The zero-order chi connectivity index (χ0) is 15.5. The zero-order valence-corrected chi connectivity index (χ0v) is 14.0. The van der Waals surface area contributed by atoms with Crippen LogP contribution >= 0.6 is 0 Å². The Balaban J connectivity index is 1.93. The smallest absolute Gasteiger partial charge is 0.222 e. The molecule has 21 heavy (non-hydrogen) atoms.